The van der Waals surface area contributed by atoms with Crippen LogP contribution in [0.15, 0.2) is 0 Å². The number of nitrogens with one attached hydrogen (secondary N) is 1. The van der Waals surface area contributed by atoms with Crippen molar-refractivity contribution in [1.29, 1.82) is 5.41 Å². The van der Waals surface area contributed by atoms with Crippen LogP contribution in [-0.2, 0) is 0 Å². The first-order valence-electron chi connectivity index (χ1n) is 4.47. The third-order valence-corrected chi connectivity index (χ3v) is 1.83. The molecule has 62 valence electrons. The fourth-order valence-corrected chi connectivity index (χ4v) is 0.996. The lowest BCUT2D eigenvalue weighted by atomic mass is 9.88. The Labute approximate surface area is 71.5 Å². The van der Waals surface area contributed by atoms with Crippen LogP contribution in [0.1, 0.15) is 39.5 Å². The molecule has 0 aromatic carbocycles. The Morgan fingerprint density at radius 2 is 2.18 bits per heavy atom. The summed E-state index contributed by atoms with van der Waals surface area (Å²) >= 11 is 0. The molecule has 0 saturated heterocycles. The maximum absolute atomic E-state index is 7.57. The second kappa shape index (κ2) is 6.45. The van der Waals surface area contributed by atoms with Crippen LogP contribution >= 0.6 is 0 Å². The molecule has 0 heterocycles. The Morgan fingerprint density at radius 1 is 1.55 bits per heavy atom. The zero-order valence-electron chi connectivity index (χ0n) is 7.69. The molecular formula is C9H18BN. The molecular weight excluding hydrogens is 133 g/mol. The van der Waals surface area contributed by atoms with Crippen LogP contribution in [0.25, 0.3) is 0 Å². The summed E-state index contributed by atoms with van der Waals surface area (Å²) in [5.41, 5.74) is 0.866. The summed E-state index contributed by atoms with van der Waals surface area (Å²) in [4.78, 5) is 0. The van der Waals surface area contributed by atoms with Gasteiger partial charge in [-0.2, -0.15) is 0 Å². The third-order valence-electron chi connectivity index (χ3n) is 1.83. The first-order chi connectivity index (χ1) is 5.20. The van der Waals surface area contributed by atoms with Crippen LogP contribution in [0.5, 0.6) is 0 Å². The van der Waals surface area contributed by atoms with Gasteiger partial charge in [-0.25, -0.2) is 0 Å². The van der Waals surface area contributed by atoms with Crippen LogP contribution in [0.2, 0.25) is 6.32 Å². The van der Waals surface area contributed by atoms with Crippen molar-refractivity contribution in [2.24, 2.45) is 5.92 Å². The maximum atomic E-state index is 7.57. The van der Waals surface area contributed by atoms with Gasteiger partial charge >= 0.3 is 0 Å². The Bertz CT molecular complexity index is 112. The smallest absolute Gasteiger partial charge is 0.0656 e. The Morgan fingerprint density at radius 3 is 2.64 bits per heavy atom. The van der Waals surface area contributed by atoms with Crippen molar-refractivity contribution >= 4 is 13.6 Å². The van der Waals surface area contributed by atoms with Crippen molar-refractivity contribution in [2.45, 2.75) is 45.9 Å². The molecule has 0 fully saturated rings. The normalized spacial score (nSPS) is 12.9. The minimum atomic E-state index is 0.486. The number of hydrogen-bond acceptors (Lipinski definition) is 1. The summed E-state index contributed by atoms with van der Waals surface area (Å²) < 4.78 is 0. The Hall–Kier alpha value is -0.265. The average molecular weight is 151 g/mol. The van der Waals surface area contributed by atoms with Crippen LogP contribution in [0, 0.1) is 11.3 Å². The summed E-state index contributed by atoms with van der Waals surface area (Å²) in [5, 5.41) is 7.57. The zero-order chi connectivity index (χ0) is 8.69. The Balaban J connectivity index is 3.36. The fraction of sp³-hybridized carbons (Fsp3) is 0.889. The molecule has 0 aromatic heterocycles. The standard InChI is InChI=1S/C9H18BN/c1-3-4-5-9(11)6-8(2)7-10/h8,11H,3-7H2,1-2H3. The van der Waals surface area contributed by atoms with E-state index in [0.717, 1.165) is 25.0 Å². The second-order valence-electron chi connectivity index (χ2n) is 3.25. The van der Waals surface area contributed by atoms with Gasteiger partial charge in [0.1, 0.15) is 0 Å². The van der Waals surface area contributed by atoms with Crippen molar-refractivity contribution in [3.8, 4) is 0 Å². The molecule has 0 rings (SSSR count). The molecule has 0 spiro atoms. The molecule has 1 atom stereocenters. The van der Waals surface area contributed by atoms with Gasteiger partial charge in [-0.15, -0.1) is 0 Å². The monoisotopic (exact) mass is 151 g/mol. The van der Waals surface area contributed by atoms with E-state index in [0.29, 0.717) is 12.2 Å². The van der Waals surface area contributed by atoms with Gasteiger partial charge in [-0.1, -0.05) is 26.6 Å². The molecule has 2 radical (unpaired) electrons. The summed E-state index contributed by atoms with van der Waals surface area (Å²) in [7, 11) is 5.45. The Kier molecular flexibility index (Phi) is 6.29. The molecule has 0 aromatic rings. The summed E-state index contributed by atoms with van der Waals surface area (Å²) in [5.74, 6) is 0.486. The van der Waals surface area contributed by atoms with Crippen LogP contribution in [0.3, 0.4) is 0 Å². The van der Waals surface area contributed by atoms with Gasteiger partial charge in [0.15, 0.2) is 0 Å². The van der Waals surface area contributed by atoms with Crippen molar-refractivity contribution in [1.82, 2.24) is 0 Å². The van der Waals surface area contributed by atoms with Gasteiger partial charge in [-0.3, -0.25) is 0 Å². The van der Waals surface area contributed by atoms with E-state index < -0.39 is 0 Å². The van der Waals surface area contributed by atoms with E-state index in [-0.39, 0.29) is 0 Å². The van der Waals surface area contributed by atoms with Crippen molar-refractivity contribution in [3.05, 3.63) is 0 Å². The van der Waals surface area contributed by atoms with E-state index in [1.54, 1.807) is 0 Å². The second-order valence-corrected chi connectivity index (χ2v) is 3.25. The first kappa shape index (κ1) is 10.7. The molecule has 0 saturated carbocycles. The predicted molar refractivity (Wildman–Crippen MR) is 51.6 cm³/mol. The fourth-order valence-electron chi connectivity index (χ4n) is 0.996. The molecule has 0 aliphatic carbocycles. The van der Waals surface area contributed by atoms with Crippen LogP contribution in [-0.4, -0.2) is 13.6 Å². The minimum absolute atomic E-state index is 0.486. The van der Waals surface area contributed by atoms with E-state index in [1.807, 2.05) is 0 Å². The maximum Gasteiger partial charge on any atom is 0.0656 e. The average Bonchev–Trinajstić information content (AvgIpc) is 2.00. The highest BCUT2D eigenvalue weighted by atomic mass is 14.4. The lowest BCUT2D eigenvalue weighted by Gasteiger charge is -2.08. The summed E-state index contributed by atoms with van der Waals surface area (Å²) in [6.45, 7) is 4.25. The number of unbranched alkanes of at least 4 members (excludes halogenated alkanes) is 1. The van der Waals surface area contributed by atoms with E-state index >= 15 is 0 Å². The van der Waals surface area contributed by atoms with Crippen molar-refractivity contribution in [3.63, 3.8) is 0 Å². The largest absolute Gasteiger partial charge is 0.310 e. The van der Waals surface area contributed by atoms with Crippen molar-refractivity contribution in [2.75, 3.05) is 0 Å². The van der Waals surface area contributed by atoms with Crippen molar-refractivity contribution < 1.29 is 0 Å². The minimum Gasteiger partial charge on any atom is -0.310 e. The molecule has 1 unspecified atom stereocenters. The van der Waals surface area contributed by atoms with Gasteiger partial charge < -0.3 is 5.41 Å². The summed E-state index contributed by atoms with van der Waals surface area (Å²) in [6.07, 6.45) is 4.88. The first-order valence-corrected chi connectivity index (χ1v) is 4.47. The van der Waals surface area contributed by atoms with Gasteiger partial charge in [0.05, 0.1) is 7.85 Å². The zero-order valence-corrected chi connectivity index (χ0v) is 7.69. The molecule has 0 aliphatic heterocycles. The molecule has 1 nitrogen and oxygen atoms in total. The highest BCUT2D eigenvalue weighted by Crippen LogP contribution is 2.09. The van der Waals surface area contributed by atoms with Gasteiger partial charge in [0, 0.05) is 5.71 Å². The van der Waals surface area contributed by atoms with Gasteiger partial charge in [-0.05, 0) is 25.2 Å². The number of hydrogen-bond donors (Lipinski definition) is 1. The molecule has 0 bridgehead atoms. The third kappa shape index (κ3) is 6.15. The molecule has 0 amide bonds. The van der Waals surface area contributed by atoms with Gasteiger partial charge in [0.2, 0.25) is 0 Å². The number of rotatable bonds is 6. The lowest BCUT2D eigenvalue weighted by Crippen LogP contribution is -2.03. The van der Waals surface area contributed by atoms with E-state index in [2.05, 4.69) is 13.8 Å². The SMILES string of the molecule is [B]CC(C)CC(=N)CCCC. The van der Waals surface area contributed by atoms with E-state index in [1.165, 1.54) is 6.42 Å². The predicted octanol–water partition coefficient (Wildman–Crippen LogP) is 2.81. The molecule has 0 aliphatic rings. The van der Waals surface area contributed by atoms with E-state index in [9.17, 15) is 0 Å². The quantitative estimate of drug-likeness (QED) is 0.445. The van der Waals surface area contributed by atoms with E-state index in [4.69, 9.17) is 13.3 Å². The highest BCUT2D eigenvalue weighted by molar-refractivity contribution is 6.08. The topological polar surface area (TPSA) is 23.9 Å². The lowest BCUT2D eigenvalue weighted by molar-refractivity contribution is 0.667. The van der Waals surface area contributed by atoms with Crippen LogP contribution in [0.4, 0.5) is 0 Å². The highest BCUT2D eigenvalue weighted by Gasteiger charge is 2.02. The summed E-state index contributed by atoms with van der Waals surface area (Å²) in [6, 6.07) is 0. The molecule has 11 heavy (non-hydrogen) atoms. The molecule has 1 N–H and O–H groups in total. The van der Waals surface area contributed by atoms with Gasteiger partial charge in [0.25, 0.3) is 0 Å². The molecule has 2 heteroatoms. The van der Waals surface area contributed by atoms with Crippen LogP contribution < -0.4 is 0 Å².